The Balaban J connectivity index is 2.56. The van der Waals surface area contributed by atoms with Crippen molar-refractivity contribution in [3.63, 3.8) is 0 Å². The minimum absolute atomic E-state index is 0.126. The molecule has 5 nitrogen and oxygen atoms in total. The molecule has 0 atom stereocenters. The molecule has 0 saturated carbocycles. The standard InChI is InChI=1S/C12H19NO4S/c1-16-11-4-5-12(10(8-11)9-13)17-6-3-7-18(2,14)15/h4-5,8H,3,6-7,9,13H2,1-2H3. The number of hydrogen-bond donors (Lipinski definition) is 1. The molecule has 0 spiro atoms. The van der Waals surface area contributed by atoms with Gasteiger partial charge in [0.15, 0.2) is 0 Å². The molecule has 0 saturated heterocycles. The van der Waals surface area contributed by atoms with Crippen molar-refractivity contribution in [1.82, 2.24) is 0 Å². The van der Waals surface area contributed by atoms with Gasteiger partial charge in [0.25, 0.3) is 0 Å². The van der Waals surface area contributed by atoms with Crippen LogP contribution < -0.4 is 15.2 Å². The summed E-state index contributed by atoms with van der Waals surface area (Å²) in [5.74, 6) is 1.52. The summed E-state index contributed by atoms with van der Waals surface area (Å²) in [6.45, 7) is 0.699. The van der Waals surface area contributed by atoms with Crippen LogP contribution >= 0.6 is 0 Å². The Morgan fingerprint density at radius 1 is 1.33 bits per heavy atom. The van der Waals surface area contributed by atoms with E-state index in [4.69, 9.17) is 15.2 Å². The van der Waals surface area contributed by atoms with E-state index in [1.807, 2.05) is 6.07 Å². The fraction of sp³-hybridized carbons (Fsp3) is 0.500. The highest BCUT2D eigenvalue weighted by atomic mass is 32.2. The third-order valence-electron chi connectivity index (χ3n) is 2.40. The van der Waals surface area contributed by atoms with Crippen molar-refractivity contribution in [2.75, 3.05) is 25.7 Å². The second-order valence-corrected chi connectivity index (χ2v) is 6.27. The number of hydrogen-bond acceptors (Lipinski definition) is 5. The zero-order valence-corrected chi connectivity index (χ0v) is 11.5. The molecule has 0 heterocycles. The predicted octanol–water partition coefficient (Wildman–Crippen LogP) is 0.967. The summed E-state index contributed by atoms with van der Waals surface area (Å²) in [4.78, 5) is 0. The lowest BCUT2D eigenvalue weighted by molar-refractivity contribution is 0.313. The molecule has 0 radical (unpaired) electrons. The van der Waals surface area contributed by atoms with Crippen LogP contribution in [0.2, 0.25) is 0 Å². The number of rotatable bonds is 7. The Morgan fingerprint density at radius 3 is 2.61 bits per heavy atom. The summed E-state index contributed by atoms with van der Waals surface area (Å²) in [5.41, 5.74) is 6.46. The highest BCUT2D eigenvalue weighted by Crippen LogP contribution is 2.23. The third-order valence-corrected chi connectivity index (χ3v) is 3.43. The van der Waals surface area contributed by atoms with Crippen molar-refractivity contribution in [3.05, 3.63) is 23.8 Å². The quantitative estimate of drug-likeness (QED) is 0.749. The van der Waals surface area contributed by atoms with Gasteiger partial charge in [0.2, 0.25) is 0 Å². The molecule has 0 aromatic heterocycles. The first-order valence-corrected chi connectivity index (χ1v) is 7.70. The smallest absolute Gasteiger partial charge is 0.147 e. The van der Waals surface area contributed by atoms with Crippen LogP contribution in [0.5, 0.6) is 11.5 Å². The van der Waals surface area contributed by atoms with Crippen LogP contribution in [0.3, 0.4) is 0 Å². The summed E-state index contributed by atoms with van der Waals surface area (Å²) in [5, 5.41) is 0. The van der Waals surface area contributed by atoms with E-state index >= 15 is 0 Å². The van der Waals surface area contributed by atoms with Gasteiger partial charge in [-0.15, -0.1) is 0 Å². The average molecular weight is 273 g/mol. The lowest BCUT2D eigenvalue weighted by Crippen LogP contribution is -2.09. The molecule has 102 valence electrons. The van der Waals surface area contributed by atoms with Crippen molar-refractivity contribution in [2.24, 2.45) is 5.73 Å². The van der Waals surface area contributed by atoms with Gasteiger partial charge in [0, 0.05) is 18.4 Å². The van der Waals surface area contributed by atoms with E-state index in [0.29, 0.717) is 25.3 Å². The normalized spacial score (nSPS) is 11.3. The molecule has 1 aromatic carbocycles. The maximum absolute atomic E-state index is 11.0. The minimum Gasteiger partial charge on any atom is -0.497 e. The van der Waals surface area contributed by atoms with Crippen molar-refractivity contribution < 1.29 is 17.9 Å². The lowest BCUT2D eigenvalue weighted by Gasteiger charge is -2.11. The van der Waals surface area contributed by atoms with E-state index < -0.39 is 9.84 Å². The van der Waals surface area contributed by atoms with E-state index in [0.717, 1.165) is 11.3 Å². The first kappa shape index (κ1) is 14.8. The van der Waals surface area contributed by atoms with Crippen LogP contribution in [0.15, 0.2) is 18.2 Å². The van der Waals surface area contributed by atoms with E-state index in [1.54, 1.807) is 19.2 Å². The number of benzene rings is 1. The average Bonchev–Trinajstić information content (AvgIpc) is 2.33. The first-order valence-electron chi connectivity index (χ1n) is 5.64. The summed E-state index contributed by atoms with van der Waals surface area (Å²) >= 11 is 0. The Hall–Kier alpha value is -1.27. The molecule has 0 amide bonds. The highest BCUT2D eigenvalue weighted by molar-refractivity contribution is 7.90. The van der Waals surface area contributed by atoms with E-state index in [9.17, 15) is 8.42 Å². The third kappa shape index (κ3) is 4.93. The zero-order chi connectivity index (χ0) is 13.6. The monoisotopic (exact) mass is 273 g/mol. The van der Waals surface area contributed by atoms with Crippen LogP contribution in [0.25, 0.3) is 0 Å². The van der Waals surface area contributed by atoms with Gasteiger partial charge >= 0.3 is 0 Å². The molecule has 0 aliphatic rings. The fourth-order valence-electron chi connectivity index (χ4n) is 1.49. The summed E-state index contributed by atoms with van der Waals surface area (Å²) in [6, 6.07) is 5.37. The molecule has 6 heteroatoms. The molecular formula is C12H19NO4S. The molecule has 18 heavy (non-hydrogen) atoms. The molecule has 2 N–H and O–H groups in total. The van der Waals surface area contributed by atoms with E-state index in [2.05, 4.69) is 0 Å². The molecule has 0 fully saturated rings. The molecule has 0 bridgehead atoms. The van der Waals surface area contributed by atoms with Crippen molar-refractivity contribution >= 4 is 9.84 Å². The Labute approximate surface area is 108 Å². The molecule has 0 unspecified atom stereocenters. The highest BCUT2D eigenvalue weighted by Gasteiger charge is 2.06. The number of ether oxygens (including phenoxy) is 2. The lowest BCUT2D eigenvalue weighted by atomic mass is 10.2. The molecule has 0 aliphatic carbocycles. The van der Waals surface area contributed by atoms with E-state index in [-0.39, 0.29) is 5.75 Å². The SMILES string of the molecule is COc1ccc(OCCCS(C)(=O)=O)c(CN)c1. The van der Waals surface area contributed by atoms with Gasteiger partial charge in [-0.1, -0.05) is 0 Å². The maximum atomic E-state index is 11.0. The molecule has 1 aromatic rings. The minimum atomic E-state index is -2.93. The summed E-state index contributed by atoms with van der Waals surface area (Å²) in [6.07, 6.45) is 1.68. The summed E-state index contributed by atoms with van der Waals surface area (Å²) in [7, 11) is -1.34. The first-order chi connectivity index (χ1) is 8.46. The van der Waals surface area contributed by atoms with Crippen LogP contribution in [0.4, 0.5) is 0 Å². The van der Waals surface area contributed by atoms with Crippen molar-refractivity contribution in [2.45, 2.75) is 13.0 Å². The van der Waals surface area contributed by atoms with Crippen LogP contribution in [0, 0.1) is 0 Å². The van der Waals surface area contributed by atoms with Gasteiger partial charge in [-0.05, 0) is 24.6 Å². The molecule has 0 aliphatic heterocycles. The second-order valence-electron chi connectivity index (χ2n) is 4.01. The summed E-state index contributed by atoms with van der Waals surface area (Å²) < 4.78 is 32.5. The topological polar surface area (TPSA) is 78.6 Å². The number of nitrogens with two attached hydrogens (primary N) is 1. The Morgan fingerprint density at radius 2 is 2.06 bits per heavy atom. The second kappa shape index (κ2) is 6.61. The maximum Gasteiger partial charge on any atom is 0.147 e. The zero-order valence-electron chi connectivity index (χ0n) is 10.7. The van der Waals surface area contributed by atoms with Gasteiger partial charge in [-0.3, -0.25) is 0 Å². The van der Waals surface area contributed by atoms with E-state index in [1.165, 1.54) is 6.26 Å². The number of methoxy groups -OCH3 is 1. The van der Waals surface area contributed by atoms with Crippen molar-refractivity contribution in [3.8, 4) is 11.5 Å². The van der Waals surface area contributed by atoms with Crippen LogP contribution in [-0.2, 0) is 16.4 Å². The van der Waals surface area contributed by atoms with Gasteiger partial charge in [0.05, 0.1) is 19.5 Å². The largest absolute Gasteiger partial charge is 0.497 e. The predicted molar refractivity (Wildman–Crippen MR) is 70.7 cm³/mol. The van der Waals surface area contributed by atoms with Gasteiger partial charge in [0.1, 0.15) is 21.3 Å². The number of sulfone groups is 1. The van der Waals surface area contributed by atoms with Gasteiger partial charge in [-0.25, -0.2) is 8.42 Å². The fourth-order valence-corrected chi connectivity index (χ4v) is 2.13. The van der Waals surface area contributed by atoms with Gasteiger partial charge in [-0.2, -0.15) is 0 Å². The van der Waals surface area contributed by atoms with Crippen molar-refractivity contribution in [1.29, 1.82) is 0 Å². The van der Waals surface area contributed by atoms with Gasteiger partial charge < -0.3 is 15.2 Å². The molecule has 1 rings (SSSR count). The Kier molecular flexibility index (Phi) is 5.43. The van der Waals surface area contributed by atoms with Crippen LogP contribution in [-0.4, -0.2) is 34.1 Å². The van der Waals surface area contributed by atoms with Crippen LogP contribution in [0.1, 0.15) is 12.0 Å². The molecular weight excluding hydrogens is 254 g/mol. The Bertz CT molecular complexity index is 485.